The van der Waals surface area contributed by atoms with E-state index in [1.165, 1.54) is 29.6 Å². The van der Waals surface area contributed by atoms with Gasteiger partial charge in [0.1, 0.15) is 12.3 Å². The van der Waals surface area contributed by atoms with Gasteiger partial charge in [-0.15, -0.1) is 0 Å². The first-order chi connectivity index (χ1) is 11.4. The molecule has 0 aliphatic rings. The molecule has 0 aliphatic heterocycles. The summed E-state index contributed by atoms with van der Waals surface area (Å²) in [6.07, 6.45) is 1.32. The lowest BCUT2D eigenvalue weighted by atomic mass is 10.3. The zero-order chi connectivity index (χ0) is 17.4. The summed E-state index contributed by atoms with van der Waals surface area (Å²) in [6.45, 7) is -0.241. The van der Waals surface area contributed by atoms with Gasteiger partial charge in [-0.05, 0) is 12.1 Å². The summed E-state index contributed by atoms with van der Waals surface area (Å²) in [7, 11) is 2.87. The maximum Gasteiger partial charge on any atom is 0.332 e. The van der Waals surface area contributed by atoms with E-state index in [1.54, 1.807) is 24.3 Å². The van der Waals surface area contributed by atoms with Gasteiger partial charge >= 0.3 is 11.7 Å². The number of para-hydroxylation sites is 1. The molecule has 3 aromatic rings. The first-order valence-electron chi connectivity index (χ1n) is 6.96. The van der Waals surface area contributed by atoms with Crippen molar-refractivity contribution in [1.29, 1.82) is 0 Å². The summed E-state index contributed by atoms with van der Waals surface area (Å²) in [5.41, 5.74) is -0.670. The molecule has 0 fully saturated rings. The fourth-order valence-electron chi connectivity index (χ4n) is 2.34. The van der Waals surface area contributed by atoms with Crippen LogP contribution in [0.15, 0.2) is 40.2 Å². The molecule has 24 heavy (non-hydrogen) atoms. The second-order valence-electron chi connectivity index (χ2n) is 5.15. The second kappa shape index (κ2) is 5.97. The van der Waals surface area contributed by atoms with Crippen LogP contribution < -0.4 is 16.0 Å². The van der Waals surface area contributed by atoms with E-state index < -0.39 is 17.2 Å². The zero-order valence-corrected chi connectivity index (χ0v) is 13.6. The van der Waals surface area contributed by atoms with Crippen molar-refractivity contribution in [2.24, 2.45) is 14.1 Å². The number of rotatable bonds is 3. The Morgan fingerprint density at radius 2 is 1.92 bits per heavy atom. The molecule has 8 nitrogen and oxygen atoms in total. The number of ether oxygens (including phenoxy) is 1. The average Bonchev–Trinajstić information content (AvgIpc) is 2.96. The van der Waals surface area contributed by atoms with Crippen molar-refractivity contribution in [3.8, 4) is 5.75 Å². The summed E-state index contributed by atoms with van der Waals surface area (Å²) in [4.78, 5) is 40.3. The fraction of sp³-hybridized carbons (Fsp3) is 0.200. The normalized spacial score (nSPS) is 11.0. The van der Waals surface area contributed by atoms with Gasteiger partial charge in [0.05, 0.1) is 11.3 Å². The van der Waals surface area contributed by atoms with E-state index in [0.29, 0.717) is 5.02 Å². The molecule has 1 aromatic carbocycles. The van der Waals surface area contributed by atoms with Crippen LogP contribution >= 0.6 is 11.6 Å². The number of hydrogen-bond acceptors (Lipinski definition) is 5. The number of imidazole rings is 1. The van der Waals surface area contributed by atoms with Gasteiger partial charge in [-0.3, -0.25) is 13.9 Å². The van der Waals surface area contributed by atoms with E-state index in [0.717, 1.165) is 4.57 Å². The quantitative estimate of drug-likeness (QED) is 0.513. The molecular formula is C15H13ClN4O4. The third-order valence-corrected chi connectivity index (χ3v) is 3.89. The molecule has 0 spiro atoms. The number of benzene rings is 1. The Balaban J connectivity index is 1.97. The van der Waals surface area contributed by atoms with Crippen molar-refractivity contribution in [1.82, 2.24) is 18.7 Å². The Morgan fingerprint density at radius 3 is 2.62 bits per heavy atom. The van der Waals surface area contributed by atoms with Crippen LogP contribution in [-0.2, 0) is 25.4 Å². The van der Waals surface area contributed by atoms with Crippen LogP contribution in [0.1, 0.15) is 0 Å². The zero-order valence-electron chi connectivity index (χ0n) is 12.9. The summed E-state index contributed by atoms with van der Waals surface area (Å²) in [5, 5.41) is 0.305. The number of carbonyl (C=O) groups excluding carboxylic acids is 1. The van der Waals surface area contributed by atoms with Crippen molar-refractivity contribution < 1.29 is 9.53 Å². The predicted octanol–water partition coefficient (Wildman–Crippen LogP) is 0.693. The van der Waals surface area contributed by atoms with Gasteiger partial charge in [-0.2, -0.15) is 0 Å². The van der Waals surface area contributed by atoms with Crippen LogP contribution in [0.25, 0.3) is 11.2 Å². The third-order valence-electron chi connectivity index (χ3n) is 3.58. The van der Waals surface area contributed by atoms with Gasteiger partial charge in [0.25, 0.3) is 5.56 Å². The number of aryl methyl sites for hydroxylation is 1. The lowest BCUT2D eigenvalue weighted by Gasteiger charge is -2.08. The SMILES string of the molecule is Cn1c(=O)c2c(ncn2CC(=O)Oc2ccccc2Cl)n(C)c1=O. The molecular weight excluding hydrogens is 336 g/mol. The first-order valence-corrected chi connectivity index (χ1v) is 7.34. The lowest BCUT2D eigenvalue weighted by Crippen LogP contribution is -2.37. The molecule has 0 saturated carbocycles. The molecule has 0 saturated heterocycles. The van der Waals surface area contributed by atoms with Crippen molar-refractivity contribution in [2.45, 2.75) is 6.54 Å². The van der Waals surface area contributed by atoms with Gasteiger partial charge in [-0.25, -0.2) is 14.6 Å². The smallest absolute Gasteiger partial charge is 0.332 e. The van der Waals surface area contributed by atoms with E-state index >= 15 is 0 Å². The summed E-state index contributed by atoms with van der Waals surface area (Å²) in [5.74, 6) is -0.382. The van der Waals surface area contributed by atoms with Crippen LogP contribution in [0.3, 0.4) is 0 Å². The number of nitrogens with zero attached hydrogens (tertiary/aromatic N) is 4. The Labute approximate surface area is 140 Å². The van der Waals surface area contributed by atoms with Gasteiger partial charge in [0.2, 0.25) is 0 Å². The minimum atomic E-state index is -0.613. The Morgan fingerprint density at radius 1 is 1.21 bits per heavy atom. The maximum atomic E-state index is 12.3. The monoisotopic (exact) mass is 348 g/mol. The molecule has 0 radical (unpaired) electrons. The Bertz CT molecular complexity index is 1060. The molecule has 3 rings (SSSR count). The number of esters is 1. The average molecular weight is 349 g/mol. The Kier molecular flexibility index (Phi) is 3.98. The molecule has 0 N–H and O–H groups in total. The summed E-state index contributed by atoms with van der Waals surface area (Å²) < 4.78 is 8.74. The van der Waals surface area contributed by atoms with E-state index in [2.05, 4.69) is 4.98 Å². The minimum Gasteiger partial charge on any atom is -0.424 e. The van der Waals surface area contributed by atoms with Gasteiger partial charge in [0.15, 0.2) is 11.2 Å². The maximum absolute atomic E-state index is 12.3. The number of hydrogen-bond donors (Lipinski definition) is 0. The van der Waals surface area contributed by atoms with Gasteiger partial charge in [-0.1, -0.05) is 23.7 Å². The van der Waals surface area contributed by atoms with Crippen LogP contribution in [0.2, 0.25) is 5.02 Å². The van der Waals surface area contributed by atoms with E-state index in [-0.39, 0.29) is 23.5 Å². The fourth-order valence-corrected chi connectivity index (χ4v) is 2.51. The van der Waals surface area contributed by atoms with Crippen LogP contribution in [0.5, 0.6) is 5.75 Å². The highest BCUT2D eigenvalue weighted by molar-refractivity contribution is 6.32. The molecule has 2 heterocycles. The molecule has 124 valence electrons. The standard InChI is InChI=1S/C15H13ClN4O4/c1-18-13-12(14(22)19(2)15(18)23)20(8-17-13)7-11(21)24-10-6-4-3-5-9(10)16/h3-6,8H,7H2,1-2H3. The molecule has 0 bridgehead atoms. The summed E-state index contributed by atoms with van der Waals surface area (Å²) in [6, 6.07) is 6.57. The predicted molar refractivity (Wildman–Crippen MR) is 87.3 cm³/mol. The highest BCUT2D eigenvalue weighted by Crippen LogP contribution is 2.23. The Hall–Kier alpha value is -2.87. The molecule has 0 aliphatic carbocycles. The second-order valence-corrected chi connectivity index (χ2v) is 5.56. The van der Waals surface area contributed by atoms with Gasteiger partial charge < -0.3 is 9.30 Å². The van der Waals surface area contributed by atoms with Gasteiger partial charge in [0, 0.05) is 14.1 Å². The highest BCUT2D eigenvalue weighted by atomic mass is 35.5. The number of carbonyl (C=O) groups is 1. The lowest BCUT2D eigenvalue weighted by molar-refractivity contribution is -0.134. The number of fused-ring (bicyclic) bond motifs is 1. The van der Waals surface area contributed by atoms with Crippen molar-refractivity contribution in [3.63, 3.8) is 0 Å². The third kappa shape index (κ3) is 2.61. The molecule has 0 atom stereocenters. The topological polar surface area (TPSA) is 88.1 Å². The van der Waals surface area contributed by atoms with Crippen molar-refractivity contribution >= 4 is 28.7 Å². The van der Waals surface area contributed by atoms with Crippen molar-refractivity contribution in [2.75, 3.05) is 0 Å². The van der Waals surface area contributed by atoms with E-state index in [1.807, 2.05) is 0 Å². The molecule has 0 unspecified atom stereocenters. The van der Waals surface area contributed by atoms with Crippen molar-refractivity contribution in [3.05, 3.63) is 56.5 Å². The van der Waals surface area contributed by atoms with Crippen LogP contribution in [0.4, 0.5) is 0 Å². The largest absolute Gasteiger partial charge is 0.424 e. The van der Waals surface area contributed by atoms with Crippen LogP contribution in [-0.4, -0.2) is 24.7 Å². The first kappa shape index (κ1) is 16.0. The molecule has 2 aromatic heterocycles. The number of halogens is 1. The summed E-state index contributed by atoms with van der Waals surface area (Å²) >= 11 is 5.94. The molecule has 0 amide bonds. The number of aromatic nitrogens is 4. The van der Waals surface area contributed by atoms with E-state index in [9.17, 15) is 14.4 Å². The minimum absolute atomic E-state index is 0.149. The highest BCUT2D eigenvalue weighted by Gasteiger charge is 2.17. The van der Waals surface area contributed by atoms with Crippen LogP contribution in [0, 0.1) is 0 Å². The molecule has 9 heteroatoms. The van der Waals surface area contributed by atoms with E-state index in [4.69, 9.17) is 16.3 Å².